The molecule has 0 aromatic heterocycles. The highest BCUT2D eigenvalue weighted by atomic mass is 16.5. The Morgan fingerprint density at radius 3 is 2.33 bits per heavy atom. The molecule has 2 aromatic carbocycles. The lowest BCUT2D eigenvalue weighted by atomic mass is 9.94. The number of carbonyl (C=O) groups excluding carboxylic acids is 1. The van der Waals surface area contributed by atoms with Crippen molar-refractivity contribution in [1.29, 1.82) is 0 Å². The molecular weight excluding hydrogens is 262 g/mol. The van der Waals surface area contributed by atoms with Gasteiger partial charge in [0, 0.05) is 12.0 Å². The Labute approximate surface area is 125 Å². The fourth-order valence-electron chi connectivity index (χ4n) is 2.21. The number of carbonyl (C=O) groups is 1. The summed E-state index contributed by atoms with van der Waals surface area (Å²) in [4.78, 5) is 11.1. The van der Waals surface area contributed by atoms with E-state index in [1.54, 1.807) is 6.07 Å². The fraction of sp³-hybridized carbons (Fsp3) is 0.278. The third-order valence-electron chi connectivity index (χ3n) is 3.20. The van der Waals surface area contributed by atoms with Gasteiger partial charge in [0.1, 0.15) is 11.9 Å². The molecule has 0 aliphatic rings. The highest BCUT2D eigenvalue weighted by Gasteiger charge is 2.22. The average Bonchev–Trinajstić information content (AvgIpc) is 2.47. The van der Waals surface area contributed by atoms with Gasteiger partial charge in [0.25, 0.3) is 0 Å². The molecule has 0 aliphatic carbocycles. The number of hydrogen-bond donors (Lipinski definition) is 1. The third-order valence-corrected chi connectivity index (χ3v) is 3.20. The lowest BCUT2D eigenvalue weighted by molar-refractivity contribution is 0.111. The van der Waals surface area contributed by atoms with Gasteiger partial charge in [-0.15, -0.1) is 0 Å². The van der Waals surface area contributed by atoms with E-state index in [1.807, 2.05) is 62.4 Å². The van der Waals surface area contributed by atoms with E-state index in [4.69, 9.17) is 10.5 Å². The predicted molar refractivity (Wildman–Crippen MR) is 84.5 cm³/mol. The van der Waals surface area contributed by atoms with Crippen molar-refractivity contribution < 1.29 is 9.53 Å². The first kappa shape index (κ1) is 15.3. The Hall–Kier alpha value is -2.13. The van der Waals surface area contributed by atoms with Crippen LogP contribution in [0.25, 0.3) is 0 Å². The first-order chi connectivity index (χ1) is 9.99. The van der Waals surface area contributed by atoms with Gasteiger partial charge in [0.05, 0.1) is 5.56 Å². The maximum atomic E-state index is 11.1. The topological polar surface area (TPSA) is 52.3 Å². The largest absolute Gasteiger partial charge is 0.485 e. The van der Waals surface area contributed by atoms with E-state index in [0.29, 0.717) is 17.7 Å². The van der Waals surface area contributed by atoms with Crippen molar-refractivity contribution in [2.24, 2.45) is 5.73 Å². The van der Waals surface area contributed by atoms with Crippen LogP contribution in [-0.4, -0.2) is 11.8 Å². The number of hydrogen-bond acceptors (Lipinski definition) is 3. The van der Waals surface area contributed by atoms with Crippen molar-refractivity contribution in [2.75, 3.05) is 0 Å². The lowest BCUT2D eigenvalue weighted by Gasteiger charge is -2.27. The predicted octanol–water partition coefficient (Wildman–Crippen LogP) is 3.75. The smallest absolute Gasteiger partial charge is 0.153 e. The molecule has 0 bridgehead atoms. The second-order valence-electron chi connectivity index (χ2n) is 5.87. The molecule has 1 atom stereocenters. The van der Waals surface area contributed by atoms with Crippen molar-refractivity contribution in [3.8, 4) is 5.75 Å². The standard InChI is InChI=1S/C18H21NO2/c1-18(2,19)12-17(14-8-4-3-5-9-14)21-16-11-7-6-10-15(16)13-20/h3-11,13,17H,12,19H2,1-2H3. The third kappa shape index (κ3) is 4.43. The van der Waals surface area contributed by atoms with Crippen LogP contribution in [0.15, 0.2) is 54.6 Å². The zero-order valence-electron chi connectivity index (χ0n) is 12.5. The van der Waals surface area contributed by atoms with Gasteiger partial charge in [0.15, 0.2) is 6.29 Å². The van der Waals surface area contributed by atoms with Crippen LogP contribution in [0.3, 0.4) is 0 Å². The van der Waals surface area contributed by atoms with E-state index >= 15 is 0 Å². The summed E-state index contributed by atoms with van der Waals surface area (Å²) in [5, 5.41) is 0. The van der Waals surface area contributed by atoms with Crippen molar-refractivity contribution in [1.82, 2.24) is 0 Å². The van der Waals surface area contributed by atoms with Gasteiger partial charge < -0.3 is 10.5 Å². The minimum atomic E-state index is -0.364. The normalized spacial score (nSPS) is 12.7. The summed E-state index contributed by atoms with van der Waals surface area (Å²) >= 11 is 0. The van der Waals surface area contributed by atoms with Gasteiger partial charge in [0.2, 0.25) is 0 Å². The van der Waals surface area contributed by atoms with Gasteiger partial charge in [-0.3, -0.25) is 4.79 Å². The molecular formula is C18H21NO2. The maximum absolute atomic E-state index is 11.1. The van der Waals surface area contributed by atoms with E-state index in [1.165, 1.54) is 0 Å². The summed E-state index contributed by atoms with van der Waals surface area (Å²) in [7, 11) is 0. The first-order valence-corrected chi connectivity index (χ1v) is 7.04. The van der Waals surface area contributed by atoms with Crippen molar-refractivity contribution >= 4 is 6.29 Å². The summed E-state index contributed by atoms with van der Waals surface area (Å²) in [6.07, 6.45) is 1.28. The molecule has 0 aliphatic heterocycles. The summed E-state index contributed by atoms with van der Waals surface area (Å²) in [6.45, 7) is 3.94. The molecule has 0 radical (unpaired) electrons. The molecule has 110 valence electrons. The quantitative estimate of drug-likeness (QED) is 0.821. The summed E-state index contributed by atoms with van der Waals surface area (Å²) in [5.41, 5.74) is 7.39. The number of rotatable bonds is 6. The highest BCUT2D eigenvalue weighted by Crippen LogP contribution is 2.29. The van der Waals surface area contributed by atoms with Crippen molar-refractivity contribution in [3.63, 3.8) is 0 Å². The van der Waals surface area contributed by atoms with Crippen LogP contribution in [0.1, 0.15) is 42.3 Å². The van der Waals surface area contributed by atoms with Crippen molar-refractivity contribution in [3.05, 3.63) is 65.7 Å². The molecule has 0 saturated carbocycles. The van der Waals surface area contributed by atoms with Gasteiger partial charge in [-0.1, -0.05) is 42.5 Å². The van der Waals surface area contributed by atoms with Crippen LogP contribution >= 0.6 is 0 Å². The van der Waals surface area contributed by atoms with Gasteiger partial charge in [-0.05, 0) is 31.5 Å². The lowest BCUT2D eigenvalue weighted by Crippen LogP contribution is -2.35. The van der Waals surface area contributed by atoms with Crippen LogP contribution < -0.4 is 10.5 Å². The molecule has 0 saturated heterocycles. The molecule has 21 heavy (non-hydrogen) atoms. The summed E-state index contributed by atoms with van der Waals surface area (Å²) in [5.74, 6) is 0.589. The SMILES string of the molecule is CC(C)(N)CC(Oc1ccccc1C=O)c1ccccc1. The molecule has 3 heteroatoms. The Kier molecular flexibility index (Phi) is 4.76. The zero-order chi connectivity index (χ0) is 15.3. The second kappa shape index (κ2) is 6.55. The van der Waals surface area contributed by atoms with Gasteiger partial charge in [-0.25, -0.2) is 0 Å². The Morgan fingerprint density at radius 2 is 1.71 bits per heavy atom. The number of para-hydroxylation sites is 1. The Bertz CT molecular complexity index is 588. The van der Waals surface area contributed by atoms with Crippen LogP contribution in [0, 0.1) is 0 Å². The van der Waals surface area contributed by atoms with Crippen LogP contribution in [0.2, 0.25) is 0 Å². The van der Waals surface area contributed by atoms with E-state index in [0.717, 1.165) is 11.8 Å². The molecule has 0 amide bonds. The number of benzene rings is 2. The fourth-order valence-corrected chi connectivity index (χ4v) is 2.21. The molecule has 0 heterocycles. The zero-order valence-corrected chi connectivity index (χ0v) is 12.5. The minimum absolute atomic E-state index is 0.188. The Morgan fingerprint density at radius 1 is 1.10 bits per heavy atom. The molecule has 3 nitrogen and oxygen atoms in total. The first-order valence-electron chi connectivity index (χ1n) is 7.04. The number of nitrogens with two attached hydrogens (primary N) is 1. The van der Waals surface area contributed by atoms with Crippen LogP contribution in [0.5, 0.6) is 5.75 Å². The Balaban J connectivity index is 2.30. The van der Waals surface area contributed by atoms with E-state index in [-0.39, 0.29) is 11.6 Å². The molecule has 2 N–H and O–H groups in total. The minimum Gasteiger partial charge on any atom is -0.485 e. The highest BCUT2D eigenvalue weighted by molar-refractivity contribution is 5.79. The summed E-state index contributed by atoms with van der Waals surface area (Å²) in [6, 6.07) is 17.2. The van der Waals surface area contributed by atoms with E-state index < -0.39 is 0 Å². The molecule has 0 fully saturated rings. The average molecular weight is 283 g/mol. The van der Waals surface area contributed by atoms with Gasteiger partial charge >= 0.3 is 0 Å². The maximum Gasteiger partial charge on any atom is 0.153 e. The molecule has 2 rings (SSSR count). The van der Waals surface area contributed by atoms with Gasteiger partial charge in [-0.2, -0.15) is 0 Å². The summed E-state index contributed by atoms with van der Waals surface area (Å²) < 4.78 is 6.09. The van der Waals surface area contributed by atoms with Crippen molar-refractivity contribution in [2.45, 2.75) is 31.9 Å². The molecule has 2 aromatic rings. The van der Waals surface area contributed by atoms with E-state index in [9.17, 15) is 4.79 Å². The van der Waals surface area contributed by atoms with Crippen LogP contribution in [0.4, 0.5) is 0 Å². The number of ether oxygens (including phenoxy) is 1. The monoisotopic (exact) mass is 283 g/mol. The molecule has 0 spiro atoms. The van der Waals surface area contributed by atoms with E-state index in [2.05, 4.69) is 0 Å². The molecule has 1 unspecified atom stereocenters. The number of aldehydes is 1. The van der Waals surface area contributed by atoms with Crippen LogP contribution in [-0.2, 0) is 0 Å². The second-order valence-corrected chi connectivity index (χ2v) is 5.87.